The van der Waals surface area contributed by atoms with Gasteiger partial charge in [0.1, 0.15) is 0 Å². The largest absolute Gasteiger partial charge is 0.501 e. The molecule has 0 saturated carbocycles. The van der Waals surface area contributed by atoms with Crippen molar-refractivity contribution in [3.8, 4) is 0 Å². The van der Waals surface area contributed by atoms with Gasteiger partial charge in [0.05, 0.1) is 16.9 Å². The third-order valence-electron chi connectivity index (χ3n) is 2.34. The Balaban J connectivity index is 2.75. The molecule has 0 bridgehead atoms. The van der Waals surface area contributed by atoms with Crippen molar-refractivity contribution < 1.29 is 26.3 Å². The summed E-state index contributed by atoms with van der Waals surface area (Å²) in [5.41, 5.74) is -4.84. The van der Waals surface area contributed by atoms with Crippen molar-refractivity contribution in [3.05, 3.63) is 24.3 Å². The van der Waals surface area contributed by atoms with Crippen LogP contribution in [0.4, 0.5) is 18.9 Å². The number of anilines is 1. The Morgan fingerprint density at radius 3 is 2.30 bits per heavy atom. The summed E-state index contributed by atoms with van der Waals surface area (Å²) in [5, 5.41) is 2.55. The zero-order valence-corrected chi connectivity index (χ0v) is 12.0. The van der Waals surface area contributed by atoms with Crippen LogP contribution in [0.25, 0.3) is 0 Å². The van der Waals surface area contributed by atoms with Crippen LogP contribution < -0.4 is 5.32 Å². The summed E-state index contributed by atoms with van der Waals surface area (Å²) in [6, 6.07) is 4.28. The Morgan fingerprint density at radius 2 is 1.85 bits per heavy atom. The molecule has 0 heterocycles. The van der Waals surface area contributed by atoms with Gasteiger partial charge < -0.3 is 10.1 Å². The van der Waals surface area contributed by atoms with E-state index in [2.05, 4.69) is 5.32 Å². The van der Waals surface area contributed by atoms with Gasteiger partial charge >= 0.3 is 5.51 Å². The summed E-state index contributed by atoms with van der Waals surface area (Å²) in [7, 11) is -3.81. The molecule has 0 aliphatic carbocycles. The van der Waals surface area contributed by atoms with Crippen molar-refractivity contribution in [2.24, 2.45) is 0 Å². The molecule has 0 spiro atoms. The first-order valence-corrected chi connectivity index (χ1v) is 7.38. The zero-order chi connectivity index (χ0) is 15.4. The number of ether oxygens (including phenoxy) is 1. The summed E-state index contributed by atoms with van der Waals surface area (Å²) in [6.07, 6.45) is 0. The Labute approximate surface area is 119 Å². The second-order valence-electron chi connectivity index (χ2n) is 3.91. The lowest BCUT2D eigenvalue weighted by molar-refractivity contribution is -0.0436. The Morgan fingerprint density at radius 1 is 1.30 bits per heavy atom. The number of hydrogen-bond donors (Lipinski definition) is 1. The molecule has 0 amide bonds. The topological polar surface area (TPSA) is 55.4 Å². The van der Waals surface area contributed by atoms with E-state index >= 15 is 0 Å². The fourth-order valence-corrected chi connectivity index (χ4v) is 2.32. The molecular weight excluding hydrogens is 319 g/mol. The lowest BCUT2D eigenvalue weighted by Gasteiger charge is -2.12. The van der Waals surface area contributed by atoms with Crippen LogP contribution in [0.1, 0.15) is 0 Å². The summed E-state index contributed by atoms with van der Waals surface area (Å²) in [5.74, 6) is 0. The van der Waals surface area contributed by atoms with E-state index < -0.39 is 20.2 Å². The van der Waals surface area contributed by atoms with E-state index in [-0.39, 0.29) is 5.38 Å². The molecule has 0 aliphatic heterocycles. The van der Waals surface area contributed by atoms with Crippen LogP contribution in [-0.4, -0.2) is 39.6 Å². The number of sulfone groups is 1. The molecule has 0 aromatic heterocycles. The second-order valence-corrected chi connectivity index (χ2v) is 6.47. The first-order valence-electron chi connectivity index (χ1n) is 5.47. The predicted molar refractivity (Wildman–Crippen MR) is 69.7 cm³/mol. The van der Waals surface area contributed by atoms with Gasteiger partial charge in [-0.3, -0.25) is 0 Å². The summed E-state index contributed by atoms with van der Waals surface area (Å²) in [4.78, 5) is -0.796. The molecule has 114 valence electrons. The molecule has 0 saturated heterocycles. The van der Waals surface area contributed by atoms with E-state index in [9.17, 15) is 21.6 Å². The van der Waals surface area contributed by atoms with Crippen molar-refractivity contribution in [1.29, 1.82) is 0 Å². The van der Waals surface area contributed by atoms with Crippen molar-refractivity contribution in [2.75, 3.05) is 25.6 Å². The number of methoxy groups -OCH3 is 1. The zero-order valence-electron chi connectivity index (χ0n) is 10.4. The molecule has 1 aromatic carbocycles. The molecule has 20 heavy (non-hydrogen) atoms. The summed E-state index contributed by atoms with van der Waals surface area (Å²) in [6.45, 7) is 0.649. The number of benzene rings is 1. The van der Waals surface area contributed by atoms with Gasteiger partial charge in [0, 0.05) is 19.3 Å². The molecule has 1 atom stereocenters. The molecule has 9 heteroatoms. The van der Waals surface area contributed by atoms with Gasteiger partial charge in [-0.2, -0.15) is 13.2 Å². The van der Waals surface area contributed by atoms with Crippen molar-refractivity contribution in [1.82, 2.24) is 0 Å². The van der Waals surface area contributed by atoms with Crippen LogP contribution in [0.3, 0.4) is 0 Å². The average molecular weight is 332 g/mol. The first-order chi connectivity index (χ1) is 9.18. The molecule has 0 aliphatic rings. The monoisotopic (exact) mass is 331 g/mol. The maximum atomic E-state index is 12.3. The maximum absolute atomic E-state index is 12.3. The first kappa shape index (κ1) is 17.1. The molecule has 1 rings (SSSR count). The normalized spacial score (nSPS) is 14.1. The van der Waals surface area contributed by atoms with Gasteiger partial charge in [-0.05, 0) is 24.3 Å². The molecule has 1 aromatic rings. The number of alkyl halides is 4. The fourth-order valence-electron chi connectivity index (χ4n) is 1.35. The van der Waals surface area contributed by atoms with Crippen LogP contribution in [0.5, 0.6) is 0 Å². The third kappa shape index (κ3) is 4.26. The highest BCUT2D eigenvalue weighted by molar-refractivity contribution is 7.92. The fraction of sp³-hybridized carbons (Fsp3) is 0.455. The predicted octanol–water partition coefficient (Wildman–Crippen LogP) is 2.65. The lowest BCUT2D eigenvalue weighted by atomic mass is 10.3. The van der Waals surface area contributed by atoms with Gasteiger partial charge in [-0.1, -0.05) is 0 Å². The highest BCUT2D eigenvalue weighted by atomic mass is 35.5. The quantitative estimate of drug-likeness (QED) is 0.814. The van der Waals surface area contributed by atoms with Crippen LogP contribution >= 0.6 is 11.6 Å². The molecule has 0 fully saturated rings. The highest BCUT2D eigenvalue weighted by Gasteiger charge is 2.46. The minimum Gasteiger partial charge on any atom is -0.383 e. The van der Waals surface area contributed by atoms with E-state index in [0.29, 0.717) is 18.8 Å². The molecule has 1 N–H and O–H groups in total. The Bertz CT molecular complexity index is 531. The minimum atomic E-state index is -5.31. The molecule has 1 unspecified atom stereocenters. The van der Waals surface area contributed by atoms with Crippen molar-refractivity contribution in [3.63, 3.8) is 0 Å². The number of halogens is 4. The van der Waals surface area contributed by atoms with Gasteiger partial charge in [0.15, 0.2) is 0 Å². The summed E-state index contributed by atoms with van der Waals surface area (Å²) >= 11 is 5.86. The van der Waals surface area contributed by atoms with E-state index in [1.807, 2.05) is 0 Å². The number of nitrogens with one attached hydrogen (secondary N) is 1. The van der Waals surface area contributed by atoms with Gasteiger partial charge in [0.2, 0.25) is 0 Å². The van der Waals surface area contributed by atoms with Gasteiger partial charge in [0.25, 0.3) is 9.84 Å². The van der Waals surface area contributed by atoms with Gasteiger partial charge in [-0.25, -0.2) is 8.42 Å². The maximum Gasteiger partial charge on any atom is 0.501 e. The average Bonchev–Trinajstić information content (AvgIpc) is 2.36. The molecule has 4 nitrogen and oxygen atoms in total. The van der Waals surface area contributed by atoms with Crippen LogP contribution in [0, 0.1) is 0 Å². The smallest absolute Gasteiger partial charge is 0.383 e. The Kier molecular flexibility index (Phi) is 5.67. The van der Waals surface area contributed by atoms with E-state index in [4.69, 9.17) is 16.3 Å². The number of rotatable bonds is 6. The summed E-state index contributed by atoms with van der Waals surface area (Å²) < 4.78 is 64.1. The third-order valence-corrected chi connectivity index (χ3v) is 4.13. The van der Waals surface area contributed by atoms with Crippen LogP contribution in [0.2, 0.25) is 0 Å². The SMILES string of the molecule is COCC(Cl)CNc1ccc(S(=O)(=O)C(F)(F)F)cc1. The van der Waals surface area contributed by atoms with Crippen molar-refractivity contribution >= 4 is 27.1 Å². The Hall–Kier alpha value is -0.990. The van der Waals surface area contributed by atoms with E-state index in [1.165, 1.54) is 19.2 Å². The van der Waals surface area contributed by atoms with Crippen LogP contribution in [-0.2, 0) is 14.6 Å². The van der Waals surface area contributed by atoms with E-state index in [0.717, 1.165) is 12.1 Å². The van der Waals surface area contributed by atoms with Gasteiger partial charge in [-0.15, -0.1) is 11.6 Å². The molecular formula is C11H13ClF3NO3S. The lowest BCUT2D eigenvalue weighted by Crippen LogP contribution is -2.23. The van der Waals surface area contributed by atoms with Crippen LogP contribution in [0.15, 0.2) is 29.2 Å². The number of hydrogen-bond acceptors (Lipinski definition) is 4. The second kappa shape index (κ2) is 6.64. The minimum absolute atomic E-state index is 0.307. The molecule has 0 radical (unpaired) electrons. The van der Waals surface area contributed by atoms with E-state index in [1.54, 1.807) is 0 Å². The standard InChI is InChI=1S/C11H13ClF3NO3S/c1-19-7-8(12)6-16-9-2-4-10(5-3-9)20(17,18)11(13,14)15/h2-5,8,16H,6-7H2,1H3. The highest BCUT2D eigenvalue weighted by Crippen LogP contribution is 2.30. The van der Waals surface area contributed by atoms with Crippen molar-refractivity contribution in [2.45, 2.75) is 15.8 Å².